The number of hydrogen-bond acceptors (Lipinski definition) is 4. The van der Waals surface area contributed by atoms with Crippen LogP contribution in [0.3, 0.4) is 0 Å². The smallest absolute Gasteiger partial charge is 0.370 e. The maximum atomic E-state index is 10.8. The second-order valence-electron chi connectivity index (χ2n) is 2.45. The van der Waals surface area contributed by atoms with Crippen molar-refractivity contribution < 1.29 is 9.84 Å². The van der Waals surface area contributed by atoms with Crippen molar-refractivity contribution in [1.29, 1.82) is 0 Å². The molecule has 0 saturated heterocycles. The Labute approximate surface area is 80.1 Å². The maximum Gasteiger partial charge on any atom is 0.370 e. The minimum Gasteiger partial charge on any atom is -0.420 e. The summed E-state index contributed by atoms with van der Waals surface area (Å²) in [6.45, 7) is 0. The Hall–Kier alpha value is -2.17. The molecule has 0 N–H and O–H groups in total. The lowest BCUT2D eigenvalue weighted by Gasteiger charge is -2.01. The molecule has 14 heavy (non-hydrogen) atoms. The van der Waals surface area contributed by atoms with Crippen LogP contribution in [0.15, 0.2) is 36.7 Å². The normalized spacial score (nSPS) is 9.71. The first-order valence-corrected chi connectivity index (χ1v) is 3.93. The summed E-state index contributed by atoms with van der Waals surface area (Å²) < 4.78 is 5.20. The van der Waals surface area contributed by atoms with Crippen LogP contribution in [0.25, 0.3) is 0 Å². The summed E-state index contributed by atoms with van der Waals surface area (Å²) in [6, 6.07) is 6.15. The van der Waals surface area contributed by atoms with Crippen molar-refractivity contribution in [2.45, 2.75) is 0 Å². The highest BCUT2D eigenvalue weighted by molar-refractivity contribution is 5.19. The molecule has 5 nitrogen and oxygen atoms in total. The Kier molecular flexibility index (Phi) is 2.22. The quantitative estimate of drug-likeness (QED) is 0.720. The molecule has 0 unspecified atom stereocenters. The van der Waals surface area contributed by atoms with Gasteiger partial charge >= 0.3 is 6.01 Å². The number of nitrogens with zero attached hydrogens (tertiary/aromatic N) is 3. The molecule has 2 aromatic heterocycles. The number of rotatable bonds is 2. The molecule has 2 heterocycles. The average molecular weight is 188 g/mol. The zero-order valence-electron chi connectivity index (χ0n) is 7.12. The Morgan fingerprint density at radius 2 is 1.93 bits per heavy atom. The van der Waals surface area contributed by atoms with Gasteiger partial charge < -0.3 is 4.74 Å². The number of aromatic nitrogens is 3. The molecule has 0 amide bonds. The van der Waals surface area contributed by atoms with Crippen molar-refractivity contribution in [3.63, 3.8) is 0 Å². The van der Waals surface area contributed by atoms with Crippen molar-refractivity contribution in [3.05, 3.63) is 36.7 Å². The molecular weight excluding hydrogens is 182 g/mol. The summed E-state index contributed by atoms with van der Waals surface area (Å²) in [4.78, 5) is 10.9. The van der Waals surface area contributed by atoms with E-state index in [0.717, 1.165) is 0 Å². The Morgan fingerprint density at radius 1 is 1.00 bits per heavy atom. The minimum absolute atomic E-state index is 0.198. The fourth-order valence-electron chi connectivity index (χ4n) is 0.897. The molecule has 0 spiro atoms. The molecule has 5 heteroatoms. The van der Waals surface area contributed by atoms with Crippen LogP contribution in [0.5, 0.6) is 17.8 Å². The standard InChI is InChI=1S/C9H6N3O2/c13-9-11-6-4-8(12-9)14-7-3-1-2-5-10-7/h1-6H. The Morgan fingerprint density at radius 3 is 2.64 bits per heavy atom. The van der Waals surface area contributed by atoms with Crippen LogP contribution < -0.4 is 4.74 Å². The topological polar surface area (TPSA) is 67.8 Å². The van der Waals surface area contributed by atoms with Crippen LogP contribution in [-0.2, 0) is 5.11 Å². The van der Waals surface area contributed by atoms with Gasteiger partial charge in [-0.25, -0.2) is 10.1 Å². The summed E-state index contributed by atoms with van der Waals surface area (Å²) >= 11 is 0. The van der Waals surface area contributed by atoms with E-state index in [-0.39, 0.29) is 5.88 Å². The van der Waals surface area contributed by atoms with E-state index >= 15 is 0 Å². The van der Waals surface area contributed by atoms with E-state index in [2.05, 4.69) is 15.0 Å². The average Bonchev–Trinajstić information content (AvgIpc) is 2.19. The van der Waals surface area contributed by atoms with E-state index in [9.17, 15) is 5.11 Å². The van der Waals surface area contributed by atoms with Crippen molar-refractivity contribution in [2.24, 2.45) is 0 Å². The molecule has 0 aliphatic carbocycles. The van der Waals surface area contributed by atoms with E-state index in [1.165, 1.54) is 12.3 Å². The van der Waals surface area contributed by atoms with E-state index in [1.54, 1.807) is 24.4 Å². The van der Waals surface area contributed by atoms with Gasteiger partial charge in [-0.15, -0.1) is 0 Å². The minimum atomic E-state index is -0.571. The van der Waals surface area contributed by atoms with Gasteiger partial charge in [0.1, 0.15) is 0 Å². The van der Waals surface area contributed by atoms with Crippen molar-refractivity contribution in [1.82, 2.24) is 15.0 Å². The van der Waals surface area contributed by atoms with Crippen molar-refractivity contribution in [3.8, 4) is 17.8 Å². The summed E-state index contributed by atoms with van der Waals surface area (Å²) in [5.41, 5.74) is 0. The molecule has 0 aliphatic heterocycles. The fraction of sp³-hybridized carbons (Fsp3) is 0. The van der Waals surface area contributed by atoms with Crippen LogP contribution in [-0.4, -0.2) is 15.0 Å². The predicted octanol–water partition coefficient (Wildman–Crippen LogP) is 1.81. The largest absolute Gasteiger partial charge is 0.420 e. The first-order valence-electron chi connectivity index (χ1n) is 3.93. The summed E-state index contributed by atoms with van der Waals surface area (Å²) in [6.07, 6.45) is 2.93. The Bertz CT molecular complexity index is 419. The van der Waals surface area contributed by atoms with Crippen LogP contribution in [0.2, 0.25) is 0 Å². The molecule has 1 radical (unpaired) electrons. The first kappa shape index (κ1) is 8.43. The van der Waals surface area contributed by atoms with Gasteiger partial charge in [-0.2, -0.15) is 9.97 Å². The third kappa shape index (κ3) is 1.95. The highest BCUT2D eigenvalue weighted by atomic mass is 16.5. The van der Waals surface area contributed by atoms with Crippen molar-refractivity contribution in [2.75, 3.05) is 0 Å². The predicted molar refractivity (Wildman–Crippen MR) is 46.5 cm³/mol. The highest BCUT2D eigenvalue weighted by Gasteiger charge is 2.01. The van der Waals surface area contributed by atoms with Gasteiger partial charge in [0.25, 0.3) is 0 Å². The molecule has 0 aliphatic rings. The highest BCUT2D eigenvalue weighted by Crippen LogP contribution is 2.16. The van der Waals surface area contributed by atoms with Crippen LogP contribution in [0.4, 0.5) is 0 Å². The van der Waals surface area contributed by atoms with Gasteiger partial charge in [0.05, 0.1) is 0 Å². The second kappa shape index (κ2) is 3.69. The van der Waals surface area contributed by atoms with Gasteiger partial charge in [0, 0.05) is 24.5 Å². The van der Waals surface area contributed by atoms with Crippen LogP contribution in [0.1, 0.15) is 0 Å². The third-order valence-corrected chi connectivity index (χ3v) is 1.45. The Balaban J connectivity index is 2.19. The zero-order chi connectivity index (χ0) is 9.80. The van der Waals surface area contributed by atoms with E-state index in [0.29, 0.717) is 5.88 Å². The lowest BCUT2D eigenvalue weighted by atomic mass is 10.5. The monoisotopic (exact) mass is 188 g/mol. The number of pyridine rings is 1. The van der Waals surface area contributed by atoms with Crippen LogP contribution >= 0.6 is 0 Å². The lowest BCUT2D eigenvalue weighted by molar-refractivity contribution is 0.310. The molecule has 2 rings (SSSR count). The number of hydrogen-bond donors (Lipinski definition) is 0. The van der Waals surface area contributed by atoms with E-state index in [4.69, 9.17) is 4.74 Å². The van der Waals surface area contributed by atoms with Crippen LogP contribution in [0, 0.1) is 0 Å². The second-order valence-corrected chi connectivity index (χ2v) is 2.45. The molecular formula is C9H6N3O2. The van der Waals surface area contributed by atoms with Gasteiger partial charge in [0.15, 0.2) is 0 Å². The van der Waals surface area contributed by atoms with E-state index < -0.39 is 6.01 Å². The van der Waals surface area contributed by atoms with E-state index in [1.807, 2.05) is 0 Å². The van der Waals surface area contributed by atoms with Crippen molar-refractivity contribution >= 4 is 0 Å². The molecule has 2 aromatic rings. The lowest BCUT2D eigenvalue weighted by Crippen LogP contribution is -1.90. The molecule has 0 saturated carbocycles. The summed E-state index contributed by atoms with van der Waals surface area (Å²) in [5, 5.41) is 10.8. The fourth-order valence-corrected chi connectivity index (χ4v) is 0.897. The summed E-state index contributed by atoms with van der Waals surface area (Å²) in [5.74, 6) is 0.592. The maximum absolute atomic E-state index is 10.8. The van der Waals surface area contributed by atoms with Gasteiger partial charge in [-0.3, -0.25) is 0 Å². The SMILES string of the molecule is [O]c1nccc(Oc2ccccn2)n1. The third-order valence-electron chi connectivity index (χ3n) is 1.45. The molecule has 0 fully saturated rings. The molecule has 0 bridgehead atoms. The van der Waals surface area contributed by atoms with Gasteiger partial charge in [-0.05, 0) is 6.07 Å². The molecule has 0 atom stereocenters. The molecule has 0 aromatic carbocycles. The molecule has 69 valence electrons. The number of ether oxygens (including phenoxy) is 1. The van der Waals surface area contributed by atoms with Gasteiger partial charge in [0.2, 0.25) is 11.8 Å². The zero-order valence-corrected chi connectivity index (χ0v) is 7.12. The summed E-state index contributed by atoms with van der Waals surface area (Å²) in [7, 11) is 0. The first-order chi connectivity index (χ1) is 6.84. The van der Waals surface area contributed by atoms with Gasteiger partial charge in [-0.1, -0.05) is 6.07 Å².